The van der Waals surface area contributed by atoms with E-state index in [4.69, 9.17) is 11.6 Å². The van der Waals surface area contributed by atoms with Gasteiger partial charge in [-0.2, -0.15) is 0 Å². The van der Waals surface area contributed by atoms with Crippen molar-refractivity contribution in [2.24, 2.45) is 0 Å². The number of halogens is 1. The molecule has 0 radical (unpaired) electrons. The predicted octanol–water partition coefficient (Wildman–Crippen LogP) is 5.37. The van der Waals surface area contributed by atoms with Crippen molar-refractivity contribution in [2.45, 2.75) is 5.54 Å². The lowest BCUT2D eigenvalue weighted by Crippen LogP contribution is -2.39. The first-order valence-corrected chi connectivity index (χ1v) is 8.83. The van der Waals surface area contributed by atoms with Crippen LogP contribution in [-0.4, -0.2) is 10.8 Å². The van der Waals surface area contributed by atoms with E-state index in [1.54, 1.807) is 0 Å². The molecule has 2 N–H and O–H groups in total. The Kier molecular flexibility index (Phi) is 3.21. The van der Waals surface area contributed by atoms with Gasteiger partial charge in [-0.3, -0.25) is 4.79 Å². The molecule has 1 aliphatic rings. The number of H-pyrrole nitrogens is 1. The molecule has 1 aromatic heterocycles. The summed E-state index contributed by atoms with van der Waals surface area (Å²) in [5.74, 6) is 0.0418. The van der Waals surface area contributed by atoms with Gasteiger partial charge in [0.15, 0.2) is 11.3 Å². The fourth-order valence-electron chi connectivity index (χ4n) is 3.92. The summed E-state index contributed by atoms with van der Waals surface area (Å²) in [6, 6.07) is 23.2. The number of benzene rings is 3. The molecule has 2 heterocycles. The zero-order valence-electron chi connectivity index (χ0n) is 13.8. The van der Waals surface area contributed by atoms with Gasteiger partial charge in [0.1, 0.15) is 0 Å². The summed E-state index contributed by atoms with van der Waals surface area (Å²) >= 11 is 6.36. The van der Waals surface area contributed by atoms with Crippen LogP contribution < -0.4 is 5.32 Å². The molecule has 3 aromatic carbocycles. The SMILES string of the molecule is O=C1c2ccccc2NC1(c1ccccc1)c1c[nH]c2c(Cl)cccc12. The van der Waals surface area contributed by atoms with Gasteiger partial charge in [0.05, 0.1) is 10.5 Å². The van der Waals surface area contributed by atoms with E-state index in [9.17, 15) is 4.79 Å². The molecule has 3 nitrogen and oxygen atoms in total. The number of ketones is 1. The molecule has 0 saturated carbocycles. The van der Waals surface area contributed by atoms with Crippen LogP contribution in [0, 0.1) is 0 Å². The van der Waals surface area contributed by atoms with Gasteiger partial charge < -0.3 is 10.3 Å². The van der Waals surface area contributed by atoms with Gasteiger partial charge in [-0.1, -0.05) is 66.2 Å². The van der Waals surface area contributed by atoms with Gasteiger partial charge in [0, 0.05) is 28.4 Å². The monoisotopic (exact) mass is 358 g/mol. The number of rotatable bonds is 2. The van der Waals surface area contributed by atoms with Gasteiger partial charge in [-0.15, -0.1) is 0 Å². The molecular formula is C22H15ClN2O. The van der Waals surface area contributed by atoms with Crippen LogP contribution in [0.5, 0.6) is 0 Å². The Balaban J connectivity index is 1.85. The lowest BCUT2D eigenvalue weighted by Gasteiger charge is -2.29. The molecule has 0 amide bonds. The number of para-hydroxylation sites is 2. The molecule has 0 aliphatic carbocycles. The third-order valence-electron chi connectivity index (χ3n) is 5.11. The minimum Gasteiger partial charge on any atom is -0.365 e. The molecule has 4 heteroatoms. The van der Waals surface area contributed by atoms with Crippen LogP contribution in [0.2, 0.25) is 5.02 Å². The van der Waals surface area contributed by atoms with E-state index in [1.807, 2.05) is 79.0 Å². The summed E-state index contributed by atoms with van der Waals surface area (Å²) in [6.45, 7) is 0. The number of aromatic amines is 1. The maximum atomic E-state index is 13.6. The number of Topliss-reactive ketones (excluding diaryl/α,β-unsaturated/α-hetero) is 1. The number of anilines is 1. The average Bonchev–Trinajstić information content (AvgIpc) is 3.24. The van der Waals surface area contributed by atoms with Crippen LogP contribution in [0.1, 0.15) is 21.5 Å². The Labute approximate surface area is 155 Å². The summed E-state index contributed by atoms with van der Waals surface area (Å²) in [7, 11) is 0. The third-order valence-corrected chi connectivity index (χ3v) is 5.42. The number of fused-ring (bicyclic) bond motifs is 2. The van der Waals surface area contributed by atoms with E-state index in [-0.39, 0.29) is 5.78 Å². The lowest BCUT2D eigenvalue weighted by atomic mass is 9.79. The smallest absolute Gasteiger partial charge is 0.199 e. The Morgan fingerprint density at radius 3 is 2.42 bits per heavy atom. The Hall–Kier alpha value is -3.04. The molecule has 1 aliphatic heterocycles. The minimum absolute atomic E-state index is 0.0418. The molecule has 4 aromatic rings. The Morgan fingerprint density at radius 2 is 1.62 bits per heavy atom. The van der Waals surface area contributed by atoms with Crippen molar-refractivity contribution in [3.05, 3.63) is 101 Å². The number of hydrogen-bond donors (Lipinski definition) is 2. The number of nitrogens with one attached hydrogen (secondary N) is 2. The molecule has 0 spiro atoms. The molecule has 5 rings (SSSR count). The largest absolute Gasteiger partial charge is 0.365 e. The fraction of sp³-hybridized carbons (Fsp3) is 0.0455. The van der Waals surface area contributed by atoms with Gasteiger partial charge in [-0.25, -0.2) is 0 Å². The highest BCUT2D eigenvalue weighted by molar-refractivity contribution is 6.35. The van der Waals surface area contributed by atoms with E-state index in [1.165, 1.54) is 0 Å². The number of hydrogen-bond acceptors (Lipinski definition) is 2. The van der Waals surface area contributed by atoms with Crippen molar-refractivity contribution in [2.75, 3.05) is 5.32 Å². The molecule has 0 bridgehead atoms. The summed E-state index contributed by atoms with van der Waals surface area (Å²) in [5, 5.41) is 5.09. The van der Waals surface area contributed by atoms with E-state index in [0.717, 1.165) is 27.7 Å². The van der Waals surface area contributed by atoms with Crippen LogP contribution >= 0.6 is 11.6 Å². The second kappa shape index (κ2) is 5.48. The average molecular weight is 359 g/mol. The number of carbonyl (C=O) groups is 1. The van der Waals surface area contributed by atoms with Gasteiger partial charge in [0.25, 0.3) is 0 Å². The third kappa shape index (κ3) is 1.92. The highest BCUT2D eigenvalue weighted by Crippen LogP contribution is 2.46. The highest BCUT2D eigenvalue weighted by Gasteiger charge is 2.49. The first-order chi connectivity index (χ1) is 12.7. The van der Waals surface area contributed by atoms with Crippen molar-refractivity contribution in [1.82, 2.24) is 4.98 Å². The topological polar surface area (TPSA) is 44.9 Å². The molecule has 126 valence electrons. The van der Waals surface area contributed by atoms with Crippen molar-refractivity contribution < 1.29 is 4.79 Å². The standard InChI is InChI=1S/C22H15ClN2O/c23-18-11-6-10-15-17(13-24-20(15)18)22(14-7-2-1-3-8-14)21(26)16-9-4-5-12-19(16)25-22/h1-13,24-25H. The first kappa shape index (κ1) is 15.2. The lowest BCUT2D eigenvalue weighted by molar-refractivity contribution is 0.0941. The van der Waals surface area contributed by atoms with Crippen molar-refractivity contribution in [3.8, 4) is 0 Å². The van der Waals surface area contributed by atoms with Gasteiger partial charge in [-0.05, 0) is 23.8 Å². The first-order valence-electron chi connectivity index (χ1n) is 8.45. The quantitative estimate of drug-likeness (QED) is 0.505. The summed E-state index contributed by atoms with van der Waals surface area (Å²) in [4.78, 5) is 16.9. The molecular weight excluding hydrogens is 344 g/mol. The van der Waals surface area contributed by atoms with E-state index < -0.39 is 5.54 Å². The van der Waals surface area contributed by atoms with Crippen LogP contribution in [0.25, 0.3) is 10.9 Å². The summed E-state index contributed by atoms with van der Waals surface area (Å²) in [6.07, 6.45) is 1.89. The zero-order valence-corrected chi connectivity index (χ0v) is 14.5. The zero-order chi connectivity index (χ0) is 17.7. The normalized spacial score (nSPS) is 18.7. The van der Waals surface area contributed by atoms with E-state index in [2.05, 4.69) is 10.3 Å². The Morgan fingerprint density at radius 1 is 0.846 bits per heavy atom. The van der Waals surface area contributed by atoms with Crippen LogP contribution in [-0.2, 0) is 5.54 Å². The molecule has 0 fully saturated rings. The van der Waals surface area contributed by atoms with E-state index in [0.29, 0.717) is 10.6 Å². The Bertz CT molecular complexity index is 1150. The fourth-order valence-corrected chi connectivity index (χ4v) is 4.14. The second-order valence-corrected chi connectivity index (χ2v) is 6.89. The molecule has 1 unspecified atom stereocenters. The van der Waals surface area contributed by atoms with Gasteiger partial charge in [0.2, 0.25) is 0 Å². The number of aromatic nitrogens is 1. The highest BCUT2D eigenvalue weighted by atomic mass is 35.5. The molecule has 0 saturated heterocycles. The molecule has 26 heavy (non-hydrogen) atoms. The maximum Gasteiger partial charge on any atom is 0.199 e. The van der Waals surface area contributed by atoms with Crippen LogP contribution in [0.4, 0.5) is 5.69 Å². The second-order valence-electron chi connectivity index (χ2n) is 6.48. The van der Waals surface area contributed by atoms with Crippen molar-refractivity contribution in [1.29, 1.82) is 0 Å². The number of carbonyl (C=O) groups excluding carboxylic acids is 1. The van der Waals surface area contributed by atoms with Crippen LogP contribution in [0.15, 0.2) is 79.0 Å². The summed E-state index contributed by atoms with van der Waals surface area (Å²) < 4.78 is 0. The summed E-state index contributed by atoms with van der Waals surface area (Å²) in [5.41, 5.74) is 3.19. The van der Waals surface area contributed by atoms with Crippen molar-refractivity contribution in [3.63, 3.8) is 0 Å². The minimum atomic E-state index is -0.978. The maximum absolute atomic E-state index is 13.6. The molecule has 1 atom stereocenters. The van der Waals surface area contributed by atoms with Gasteiger partial charge >= 0.3 is 0 Å². The van der Waals surface area contributed by atoms with E-state index >= 15 is 0 Å². The van der Waals surface area contributed by atoms with Crippen LogP contribution in [0.3, 0.4) is 0 Å². The van der Waals surface area contributed by atoms with Crippen molar-refractivity contribution >= 4 is 34.0 Å². The predicted molar refractivity (Wildman–Crippen MR) is 105 cm³/mol.